The summed E-state index contributed by atoms with van der Waals surface area (Å²) in [6, 6.07) is 0. The highest BCUT2D eigenvalue weighted by atomic mass is 16.3. The van der Waals surface area contributed by atoms with Crippen LogP contribution in [0.1, 0.15) is 79.1 Å². The van der Waals surface area contributed by atoms with E-state index >= 15 is 0 Å². The van der Waals surface area contributed by atoms with Gasteiger partial charge in [-0.15, -0.1) is 5.73 Å². The van der Waals surface area contributed by atoms with E-state index in [0.717, 1.165) is 44.9 Å². The molecule has 0 heterocycles. The third-order valence-corrected chi connectivity index (χ3v) is 4.31. The highest BCUT2D eigenvalue weighted by molar-refractivity contribution is 5.05. The summed E-state index contributed by atoms with van der Waals surface area (Å²) >= 11 is 0. The molecule has 0 aromatic carbocycles. The van der Waals surface area contributed by atoms with Crippen molar-refractivity contribution in [2.24, 2.45) is 5.92 Å². The van der Waals surface area contributed by atoms with Crippen LogP contribution in [0.15, 0.2) is 53.3 Å². The summed E-state index contributed by atoms with van der Waals surface area (Å²) in [6.45, 7) is 12.6. The third kappa shape index (κ3) is 14.3. The van der Waals surface area contributed by atoms with Gasteiger partial charge in [0.05, 0.1) is 0 Å². The van der Waals surface area contributed by atoms with E-state index in [1.54, 1.807) is 0 Å². The Bertz CT molecular complexity index is 454. The van der Waals surface area contributed by atoms with Gasteiger partial charge in [-0.3, -0.25) is 0 Å². The van der Waals surface area contributed by atoms with Crippen LogP contribution in [0.3, 0.4) is 0 Å². The molecule has 0 aliphatic heterocycles. The Hall–Kier alpha value is -1.30. The van der Waals surface area contributed by atoms with E-state index in [1.807, 2.05) is 6.08 Å². The van der Waals surface area contributed by atoms with Crippen molar-refractivity contribution in [2.75, 3.05) is 6.61 Å². The normalized spacial score (nSPS) is 13.4. The monoisotopic (exact) mass is 330 g/mol. The van der Waals surface area contributed by atoms with Gasteiger partial charge in [-0.25, -0.2) is 0 Å². The molecule has 1 atom stereocenters. The maximum absolute atomic E-state index is 9.42. The lowest BCUT2D eigenvalue weighted by atomic mass is 9.97. The maximum Gasteiger partial charge on any atom is 0.0459 e. The van der Waals surface area contributed by atoms with Gasteiger partial charge in [0.15, 0.2) is 0 Å². The van der Waals surface area contributed by atoms with Crippen LogP contribution in [0.4, 0.5) is 0 Å². The second-order valence-corrected chi connectivity index (χ2v) is 7.07. The first-order chi connectivity index (χ1) is 11.5. The smallest absolute Gasteiger partial charge is 0.0459 e. The predicted octanol–water partition coefficient (Wildman–Crippen LogP) is 6.92. The molecule has 0 aromatic rings. The van der Waals surface area contributed by atoms with Crippen LogP contribution in [0.2, 0.25) is 0 Å². The maximum atomic E-state index is 9.42. The van der Waals surface area contributed by atoms with Crippen LogP contribution >= 0.6 is 0 Å². The molecule has 0 bridgehead atoms. The molecule has 1 nitrogen and oxygen atoms in total. The van der Waals surface area contributed by atoms with Crippen molar-refractivity contribution in [3.05, 3.63) is 53.3 Å². The number of allylic oxidation sites excluding steroid dienone is 7. The number of hydrogen-bond acceptors (Lipinski definition) is 1. The minimum atomic E-state index is 0.283. The van der Waals surface area contributed by atoms with Crippen molar-refractivity contribution in [3.63, 3.8) is 0 Å². The lowest BCUT2D eigenvalue weighted by Crippen LogP contribution is -2.05. The van der Waals surface area contributed by atoms with E-state index in [2.05, 4.69) is 58.2 Å². The molecule has 0 aliphatic rings. The van der Waals surface area contributed by atoms with Crippen LogP contribution in [-0.2, 0) is 0 Å². The fourth-order valence-corrected chi connectivity index (χ4v) is 2.65. The molecule has 24 heavy (non-hydrogen) atoms. The van der Waals surface area contributed by atoms with Crippen LogP contribution in [0, 0.1) is 5.92 Å². The molecular formula is C23H38O. The van der Waals surface area contributed by atoms with Gasteiger partial charge in [-0.05, 0) is 91.1 Å². The number of aliphatic hydroxyl groups is 1. The Morgan fingerprint density at radius 3 is 1.96 bits per heavy atom. The SMILES string of the molecule is C=C=CCCC(CO)CC/C=C(\C)CC/C=C(\C)CCC=C(C)C. The van der Waals surface area contributed by atoms with Crippen molar-refractivity contribution in [2.45, 2.75) is 79.1 Å². The fraction of sp³-hybridized carbons (Fsp3) is 0.609. The molecule has 1 unspecified atom stereocenters. The molecular weight excluding hydrogens is 292 g/mol. The van der Waals surface area contributed by atoms with Crippen LogP contribution in [0.5, 0.6) is 0 Å². The molecule has 136 valence electrons. The molecule has 0 rings (SSSR count). The standard InChI is InChI=1S/C23H38O/c1-6-7-8-17-23(19-24)18-11-16-22(5)15-10-14-21(4)13-9-12-20(2)3/h7,12,14,16,23-24H,1,8-11,13,15,17-19H2,2-5H3/b21-14+,22-16+. The van der Waals surface area contributed by atoms with E-state index in [4.69, 9.17) is 0 Å². The highest BCUT2D eigenvalue weighted by Crippen LogP contribution is 2.16. The quantitative estimate of drug-likeness (QED) is 0.287. The second kappa shape index (κ2) is 15.2. The zero-order valence-corrected chi connectivity index (χ0v) is 16.4. The van der Waals surface area contributed by atoms with E-state index in [1.165, 1.54) is 23.1 Å². The minimum absolute atomic E-state index is 0.283. The molecule has 0 fully saturated rings. The largest absolute Gasteiger partial charge is 0.396 e. The fourth-order valence-electron chi connectivity index (χ4n) is 2.65. The predicted molar refractivity (Wildman–Crippen MR) is 108 cm³/mol. The van der Waals surface area contributed by atoms with E-state index in [0.29, 0.717) is 5.92 Å². The van der Waals surface area contributed by atoms with Crippen molar-refractivity contribution in [1.29, 1.82) is 0 Å². The van der Waals surface area contributed by atoms with E-state index in [9.17, 15) is 5.11 Å². The van der Waals surface area contributed by atoms with Crippen molar-refractivity contribution < 1.29 is 5.11 Å². The van der Waals surface area contributed by atoms with Crippen LogP contribution in [-0.4, -0.2) is 11.7 Å². The Labute approximate surface area is 150 Å². The van der Waals surface area contributed by atoms with Gasteiger partial charge in [0, 0.05) is 6.61 Å². The molecule has 0 spiro atoms. The Morgan fingerprint density at radius 2 is 1.42 bits per heavy atom. The zero-order valence-electron chi connectivity index (χ0n) is 16.4. The first-order valence-corrected chi connectivity index (χ1v) is 9.39. The Balaban J connectivity index is 4.00. The average Bonchev–Trinajstić information content (AvgIpc) is 2.53. The van der Waals surface area contributed by atoms with Gasteiger partial charge in [-0.2, -0.15) is 0 Å². The molecule has 0 saturated carbocycles. The minimum Gasteiger partial charge on any atom is -0.396 e. The molecule has 0 aliphatic carbocycles. The van der Waals surface area contributed by atoms with Crippen LogP contribution in [0.25, 0.3) is 0 Å². The molecule has 1 N–H and O–H groups in total. The summed E-state index contributed by atoms with van der Waals surface area (Å²) in [7, 11) is 0. The van der Waals surface area contributed by atoms with Gasteiger partial charge in [0.2, 0.25) is 0 Å². The van der Waals surface area contributed by atoms with Crippen molar-refractivity contribution in [3.8, 4) is 0 Å². The van der Waals surface area contributed by atoms with Gasteiger partial charge in [-0.1, -0.05) is 41.5 Å². The zero-order chi connectivity index (χ0) is 18.2. The van der Waals surface area contributed by atoms with Crippen molar-refractivity contribution >= 4 is 0 Å². The number of hydrogen-bond donors (Lipinski definition) is 1. The summed E-state index contributed by atoms with van der Waals surface area (Å²) in [5.41, 5.74) is 7.16. The Morgan fingerprint density at radius 1 is 0.875 bits per heavy atom. The Kier molecular flexibility index (Phi) is 14.4. The lowest BCUT2D eigenvalue weighted by Gasteiger charge is -2.11. The van der Waals surface area contributed by atoms with Crippen molar-refractivity contribution in [1.82, 2.24) is 0 Å². The van der Waals surface area contributed by atoms with E-state index in [-0.39, 0.29) is 6.61 Å². The van der Waals surface area contributed by atoms with Crippen LogP contribution < -0.4 is 0 Å². The average molecular weight is 331 g/mol. The second-order valence-electron chi connectivity index (χ2n) is 7.07. The summed E-state index contributed by atoms with van der Waals surface area (Å²) in [4.78, 5) is 0. The molecule has 0 amide bonds. The molecule has 0 saturated heterocycles. The molecule has 1 heteroatoms. The lowest BCUT2D eigenvalue weighted by molar-refractivity contribution is 0.212. The third-order valence-electron chi connectivity index (χ3n) is 4.31. The molecule has 0 radical (unpaired) electrons. The van der Waals surface area contributed by atoms with Gasteiger partial charge < -0.3 is 5.11 Å². The summed E-state index contributed by atoms with van der Waals surface area (Å²) < 4.78 is 0. The molecule has 0 aromatic heterocycles. The number of aliphatic hydroxyl groups excluding tert-OH is 1. The highest BCUT2D eigenvalue weighted by Gasteiger charge is 2.05. The first-order valence-electron chi connectivity index (χ1n) is 9.39. The first kappa shape index (κ1) is 22.7. The van der Waals surface area contributed by atoms with E-state index < -0.39 is 0 Å². The summed E-state index contributed by atoms with van der Waals surface area (Å²) in [5, 5.41) is 9.42. The topological polar surface area (TPSA) is 20.2 Å². The summed E-state index contributed by atoms with van der Waals surface area (Å²) in [6.07, 6.45) is 17.7. The number of rotatable bonds is 13. The van der Waals surface area contributed by atoms with Gasteiger partial charge in [0.25, 0.3) is 0 Å². The van der Waals surface area contributed by atoms with Gasteiger partial charge in [0.1, 0.15) is 0 Å². The van der Waals surface area contributed by atoms with Gasteiger partial charge >= 0.3 is 0 Å². The summed E-state index contributed by atoms with van der Waals surface area (Å²) in [5.74, 6) is 0.399.